The zero-order valence-electron chi connectivity index (χ0n) is 15.2. The molecule has 1 amide bonds. The van der Waals surface area contributed by atoms with Gasteiger partial charge in [-0.1, -0.05) is 103 Å². The molecule has 1 fully saturated rings. The Hall–Kier alpha value is -3.18. The monoisotopic (exact) mass is 385 g/mol. The fourth-order valence-electron chi connectivity index (χ4n) is 2.98. The minimum absolute atomic E-state index is 0.0607. The van der Waals surface area contributed by atoms with Gasteiger partial charge in [0.25, 0.3) is 0 Å². The highest BCUT2D eigenvalue weighted by Gasteiger charge is 2.31. The number of rotatable bonds is 5. The van der Waals surface area contributed by atoms with Crippen LogP contribution in [0.5, 0.6) is 0 Å². The molecule has 0 spiro atoms. The Bertz CT molecular complexity index is 1000. The van der Waals surface area contributed by atoms with Crippen molar-refractivity contribution in [2.45, 2.75) is 11.7 Å². The zero-order valence-corrected chi connectivity index (χ0v) is 16.0. The third-order valence-electron chi connectivity index (χ3n) is 4.38. The number of nitrogens with zero attached hydrogens (tertiary/aromatic N) is 2. The Balaban J connectivity index is 1.59. The van der Waals surface area contributed by atoms with Gasteiger partial charge in [-0.25, -0.2) is 0 Å². The average Bonchev–Trinajstić information content (AvgIpc) is 3.13. The van der Waals surface area contributed by atoms with Crippen molar-refractivity contribution in [3.05, 3.63) is 108 Å². The lowest BCUT2D eigenvalue weighted by molar-refractivity contribution is -0.118. The summed E-state index contributed by atoms with van der Waals surface area (Å²) in [6.45, 7) is 0. The largest absolute Gasteiger partial charge is 0.302 e. The fourth-order valence-corrected chi connectivity index (χ4v) is 3.91. The summed E-state index contributed by atoms with van der Waals surface area (Å²) in [4.78, 5) is 12.3. The Morgan fingerprint density at radius 2 is 1.46 bits per heavy atom. The number of benzene rings is 3. The maximum atomic E-state index is 12.3. The van der Waals surface area contributed by atoms with Gasteiger partial charge in [0.05, 0.1) is 5.71 Å². The Kier molecular flexibility index (Phi) is 5.64. The quantitative estimate of drug-likeness (QED) is 0.516. The molecule has 0 aliphatic carbocycles. The molecule has 1 aliphatic rings. The van der Waals surface area contributed by atoms with E-state index in [4.69, 9.17) is 0 Å². The maximum Gasteiger partial charge on any atom is 0.244 e. The number of hydrogen-bond donors (Lipinski definition) is 1. The molecule has 1 saturated heterocycles. The molecule has 0 unspecified atom stereocenters. The van der Waals surface area contributed by atoms with Gasteiger partial charge in [0.2, 0.25) is 5.91 Å². The van der Waals surface area contributed by atoms with E-state index in [-0.39, 0.29) is 11.2 Å². The minimum atomic E-state index is -0.288. The third-order valence-corrected chi connectivity index (χ3v) is 5.51. The second-order valence-corrected chi connectivity index (χ2v) is 7.47. The average molecular weight is 385 g/mol. The minimum Gasteiger partial charge on any atom is -0.302 e. The van der Waals surface area contributed by atoms with Gasteiger partial charge in [-0.15, -0.1) is 5.10 Å². The van der Waals surface area contributed by atoms with Crippen LogP contribution in [0.15, 0.2) is 101 Å². The van der Waals surface area contributed by atoms with Crippen LogP contribution in [0.2, 0.25) is 0 Å². The molecule has 0 saturated carbocycles. The first-order chi connectivity index (χ1) is 13.8. The summed E-state index contributed by atoms with van der Waals surface area (Å²) in [6, 6.07) is 29.9. The summed E-state index contributed by atoms with van der Waals surface area (Å²) in [5.74, 6) is -0.0607. The van der Waals surface area contributed by atoms with Gasteiger partial charge >= 0.3 is 0 Å². The SMILES string of the molecule is O=C1N/C(=N\N=C(\Cc2ccccc2)c2ccccc2)S[C@H]1c1ccccc1. The van der Waals surface area contributed by atoms with Crippen LogP contribution in [0.25, 0.3) is 0 Å². The highest BCUT2D eigenvalue weighted by atomic mass is 32.2. The smallest absolute Gasteiger partial charge is 0.244 e. The van der Waals surface area contributed by atoms with Gasteiger partial charge < -0.3 is 5.32 Å². The number of amidine groups is 1. The molecule has 3 aromatic carbocycles. The van der Waals surface area contributed by atoms with Crippen molar-refractivity contribution >= 4 is 28.5 Å². The van der Waals surface area contributed by atoms with Crippen LogP contribution in [0.4, 0.5) is 0 Å². The predicted octanol–water partition coefficient (Wildman–Crippen LogP) is 4.59. The molecule has 1 N–H and O–H groups in total. The van der Waals surface area contributed by atoms with E-state index >= 15 is 0 Å². The van der Waals surface area contributed by atoms with Crippen LogP contribution >= 0.6 is 11.8 Å². The van der Waals surface area contributed by atoms with Crippen LogP contribution < -0.4 is 5.32 Å². The molecule has 0 radical (unpaired) electrons. The van der Waals surface area contributed by atoms with Crippen molar-refractivity contribution in [3.8, 4) is 0 Å². The maximum absolute atomic E-state index is 12.3. The number of nitrogens with one attached hydrogen (secondary N) is 1. The van der Waals surface area contributed by atoms with Gasteiger partial charge in [0.15, 0.2) is 5.17 Å². The van der Waals surface area contributed by atoms with E-state index < -0.39 is 0 Å². The molecular formula is C23H19N3OS. The van der Waals surface area contributed by atoms with Crippen LogP contribution in [0, 0.1) is 0 Å². The van der Waals surface area contributed by atoms with Crippen molar-refractivity contribution in [1.82, 2.24) is 5.32 Å². The fraction of sp³-hybridized carbons (Fsp3) is 0.0870. The molecule has 3 aromatic rings. The van der Waals surface area contributed by atoms with Crippen molar-refractivity contribution in [1.29, 1.82) is 0 Å². The lowest BCUT2D eigenvalue weighted by Gasteiger charge is -2.06. The van der Waals surface area contributed by atoms with Crippen LogP contribution in [-0.4, -0.2) is 16.8 Å². The molecule has 0 bridgehead atoms. The summed E-state index contributed by atoms with van der Waals surface area (Å²) in [5.41, 5.74) is 4.00. The Morgan fingerprint density at radius 3 is 2.14 bits per heavy atom. The zero-order chi connectivity index (χ0) is 19.2. The molecule has 138 valence electrons. The van der Waals surface area contributed by atoms with Crippen LogP contribution in [0.1, 0.15) is 21.9 Å². The van der Waals surface area contributed by atoms with E-state index in [1.165, 1.54) is 11.8 Å². The third kappa shape index (κ3) is 4.38. The van der Waals surface area contributed by atoms with Gasteiger partial charge in [-0.05, 0) is 16.7 Å². The van der Waals surface area contributed by atoms with E-state index in [9.17, 15) is 4.79 Å². The molecule has 4 rings (SSSR count). The molecule has 1 heterocycles. The highest BCUT2D eigenvalue weighted by Crippen LogP contribution is 2.34. The summed E-state index contributed by atoms with van der Waals surface area (Å²) in [7, 11) is 0. The number of thioether (sulfide) groups is 1. The first-order valence-corrected chi connectivity index (χ1v) is 9.94. The molecule has 1 atom stereocenters. The standard InChI is InChI=1S/C23H19N3OS/c27-22-21(19-14-8-3-9-15-19)28-23(24-22)26-25-20(18-12-6-2-7-13-18)16-17-10-4-1-5-11-17/h1-15,21H,16H2,(H,24,26,27)/b25-20-/t21-/m0/s1. The summed E-state index contributed by atoms with van der Waals surface area (Å²) in [6.07, 6.45) is 0.669. The van der Waals surface area contributed by atoms with Crippen molar-refractivity contribution in [3.63, 3.8) is 0 Å². The summed E-state index contributed by atoms with van der Waals surface area (Å²) in [5, 5.41) is 11.9. The number of carbonyl (C=O) groups excluding carboxylic acids is 1. The predicted molar refractivity (Wildman–Crippen MR) is 115 cm³/mol. The first-order valence-electron chi connectivity index (χ1n) is 9.06. The normalized spacial score (nSPS) is 18.3. The van der Waals surface area contributed by atoms with E-state index in [2.05, 4.69) is 27.7 Å². The first kappa shape index (κ1) is 18.2. The van der Waals surface area contributed by atoms with Crippen molar-refractivity contribution in [2.24, 2.45) is 10.2 Å². The second-order valence-electron chi connectivity index (χ2n) is 6.38. The Morgan fingerprint density at radius 1 is 0.857 bits per heavy atom. The number of amides is 1. The van der Waals surface area contributed by atoms with E-state index in [0.29, 0.717) is 11.6 Å². The number of hydrogen-bond acceptors (Lipinski definition) is 4. The van der Waals surface area contributed by atoms with Crippen LogP contribution in [-0.2, 0) is 11.2 Å². The number of carbonyl (C=O) groups is 1. The molecule has 5 heteroatoms. The summed E-state index contributed by atoms with van der Waals surface area (Å²) < 4.78 is 0. The van der Waals surface area contributed by atoms with E-state index in [1.807, 2.05) is 78.9 Å². The molecule has 28 heavy (non-hydrogen) atoms. The van der Waals surface area contributed by atoms with Crippen LogP contribution in [0.3, 0.4) is 0 Å². The van der Waals surface area contributed by atoms with Gasteiger partial charge in [0, 0.05) is 6.42 Å². The lowest BCUT2D eigenvalue weighted by Crippen LogP contribution is -2.21. The van der Waals surface area contributed by atoms with Crippen molar-refractivity contribution < 1.29 is 4.79 Å². The Labute approximate surface area is 168 Å². The van der Waals surface area contributed by atoms with Crippen molar-refractivity contribution in [2.75, 3.05) is 0 Å². The lowest BCUT2D eigenvalue weighted by atomic mass is 10.0. The van der Waals surface area contributed by atoms with Gasteiger partial charge in [-0.2, -0.15) is 5.10 Å². The molecule has 1 aliphatic heterocycles. The molecule has 4 nitrogen and oxygen atoms in total. The van der Waals surface area contributed by atoms with Gasteiger partial charge in [0.1, 0.15) is 5.25 Å². The molecular weight excluding hydrogens is 366 g/mol. The molecule has 0 aromatic heterocycles. The second kappa shape index (κ2) is 8.67. The van der Waals surface area contributed by atoms with E-state index in [1.54, 1.807) is 0 Å². The van der Waals surface area contributed by atoms with E-state index in [0.717, 1.165) is 22.4 Å². The topological polar surface area (TPSA) is 53.8 Å². The highest BCUT2D eigenvalue weighted by molar-refractivity contribution is 8.15. The van der Waals surface area contributed by atoms with Gasteiger partial charge in [-0.3, -0.25) is 4.79 Å². The summed E-state index contributed by atoms with van der Waals surface area (Å²) >= 11 is 1.40.